The van der Waals surface area contributed by atoms with Crippen LogP contribution in [0, 0.1) is 6.92 Å². The molecule has 29 heavy (non-hydrogen) atoms. The summed E-state index contributed by atoms with van der Waals surface area (Å²) in [4.78, 5) is 35.2. The maximum atomic E-state index is 12.8. The van der Waals surface area contributed by atoms with Crippen LogP contribution in [-0.2, 0) is 25.7 Å². The van der Waals surface area contributed by atoms with Crippen LogP contribution >= 0.6 is 0 Å². The first-order valence-corrected chi connectivity index (χ1v) is 9.01. The minimum atomic E-state index is -0.818. The molecule has 156 valence electrons. The molecule has 10 heteroatoms. The highest BCUT2D eigenvalue weighted by Crippen LogP contribution is 2.32. The van der Waals surface area contributed by atoms with Crippen molar-refractivity contribution in [3.63, 3.8) is 0 Å². The van der Waals surface area contributed by atoms with E-state index in [1.165, 1.54) is 0 Å². The van der Waals surface area contributed by atoms with Crippen LogP contribution in [-0.4, -0.2) is 57.2 Å². The van der Waals surface area contributed by atoms with Gasteiger partial charge in [-0.1, -0.05) is 30.3 Å². The number of nitrogens with zero attached hydrogens (tertiary/aromatic N) is 3. The zero-order chi connectivity index (χ0) is 21.4. The fourth-order valence-corrected chi connectivity index (χ4v) is 3.11. The van der Waals surface area contributed by atoms with Crippen LogP contribution < -0.4 is 5.32 Å². The van der Waals surface area contributed by atoms with E-state index in [1.807, 2.05) is 44.2 Å². The van der Waals surface area contributed by atoms with E-state index in [9.17, 15) is 9.59 Å². The highest BCUT2D eigenvalue weighted by molar-refractivity contribution is 5.86. The summed E-state index contributed by atoms with van der Waals surface area (Å²) >= 11 is 0. The zero-order valence-electron chi connectivity index (χ0n) is 16.4. The topological polar surface area (TPSA) is 135 Å². The fourth-order valence-electron chi connectivity index (χ4n) is 3.11. The molecule has 2 N–H and O–H groups in total. The Morgan fingerprint density at radius 1 is 1.34 bits per heavy atom. The van der Waals surface area contributed by atoms with Gasteiger partial charge in [-0.05, 0) is 19.4 Å². The van der Waals surface area contributed by atoms with E-state index in [1.54, 1.807) is 11.8 Å². The number of carbonyl (C=O) groups is 3. The van der Waals surface area contributed by atoms with Crippen molar-refractivity contribution in [2.45, 2.75) is 45.5 Å². The maximum absolute atomic E-state index is 12.8. The van der Waals surface area contributed by atoms with Crippen molar-refractivity contribution in [2.24, 2.45) is 0 Å². The van der Waals surface area contributed by atoms with E-state index < -0.39 is 12.1 Å². The van der Waals surface area contributed by atoms with Crippen molar-refractivity contribution >= 4 is 18.3 Å². The molecular weight excluding hydrogens is 380 g/mol. The Hall–Kier alpha value is -3.27. The quantitative estimate of drug-likeness (QED) is 0.707. The highest BCUT2D eigenvalue weighted by Gasteiger charge is 2.42. The van der Waals surface area contributed by atoms with Crippen LogP contribution in [0.4, 0.5) is 0 Å². The number of hydrogen-bond acceptors (Lipinski definition) is 7. The summed E-state index contributed by atoms with van der Waals surface area (Å²) in [6, 6.07) is 8.87. The Balaban J connectivity index is 0.000000941. The highest BCUT2D eigenvalue weighted by atomic mass is 16.5. The molecule has 1 aromatic heterocycles. The summed E-state index contributed by atoms with van der Waals surface area (Å²) in [7, 11) is 0. The molecule has 1 aliphatic heterocycles. The molecule has 1 fully saturated rings. The third-order valence-electron chi connectivity index (χ3n) is 4.20. The van der Waals surface area contributed by atoms with Gasteiger partial charge in [0.2, 0.25) is 17.7 Å². The molecule has 0 saturated carbocycles. The Kier molecular flexibility index (Phi) is 7.84. The average Bonchev–Trinajstić information content (AvgIpc) is 3.12. The maximum Gasteiger partial charge on any atom is 0.290 e. The molecule has 2 aromatic rings. The van der Waals surface area contributed by atoms with Crippen molar-refractivity contribution in [3.8, 4) is 0 Å². The van der Waals surface area contributed by atoms with E-state index in [2.05, 4.69) is 15.5 Å². The predicted molar refractivity (Wildman–Crippen MR) is 100 cm³/mol. The summed E-state index contributed by atoms with van der Waals surface area (Å²) in [5.41, 5.74) is 0.850. The number of carbonyl (C=O) groups excluding carboxylic acids is 2. The van der Waals surface area contributed by atoms with E-state index in [0.717, 1.165) is 5.56 Å². The minimum Gasteiger partial charge on any atom is -0.483 e. The second kappa shape index (κ2) is 10.3. The molecule has 0 unspecified atom stereocenters. The molecule has 0 spiro atoms. The smallest absolute Gasteiger partial charge is 0.290 e. The van der Waals surface area contributed by atoms with Gasteiger partial charge in [0.25, 0.3) is 12.4 Å². The Morgan fingerprint density at radius 3 is 2.55 bits per heavy atom. The standard InChI is InChI=1S/C18H22N4O4.CH2O2/c1-11(2)22-15(23)10-25-17(16(22)13-7-5-4-6-8-13)18(24)19-9-14-21-20-12(3)26-14;2-1-3/h4-8,11,16-17H,9-10H2,1-3H3,(H,19,24);1H,(H,2,3)/t16-,17+;/m1./s1. The molecule has 3 rings (SSSR count). The van der Waals surface area contributed by atoms with Crippen LogP contribution in [0.25, 0.3) is 0 Å². The van der Waals surface area contributed by atoms with Crippen molar-refractivity contribution in [3.05, 3.63) is 47.7 Å². The first-order valence-electron chi connectivity index (χ1n) is 9.01. The third kappa shape index (κ3) is 5.61. The summed E-state index contributed by atoms with van der Waals surface area (Å²) in [5.74, 6) is 0.292. The van der Waals surface area contributed by atoms with Gasteiger partial charge in [-0.3, -0.25) is 14.4 Å². The molecule has 1 saturated heterocycles. The monoisotopic (exact) mass is 404 g/mol. The van der Waals surface area contributed by atoms with Gasteiger partial charge in [-0.15, -0.1) is 10.2 Å². The lowest BCUT2D eigenvalue weighted by atomic mass is 9.96. The van der Waals surface area contributed by atoms with Crippen LogP contribution in [0.3, 0.4) is 0 Å². The number of amides is 2. The van der Waals surface area contributed by atoms with E-state index in [4.69, 9.17) is 19.1 Å². The molecule has 2 atom stereocenters. The number of benzene rings is 1. The van der Waals surface area contributed by atoms with Crippen LogP contribution in [0.1, 0.15) is 37.2 Å². The number of morpholine rings is 1. The number of rotatable bonds is 5. The van der Waals surface area contributed by atoms with Crippen LogP contribution in [0.5, 0.6) is 0 Å². The molecule has 2 amide bonds. The van der Waals surface area contributed by atoms with Gasteiger partial charge in [0.15, 0.2) is 6.10 Å². The van der Waals surface area contributed by atoms with Crippen LogP contribution in [0.2, 0.25) is 0 Å². The lowest BCUT2D eigenvalue weighted by molar-refractivity contribution is -0.167. The molecule has 2 heterocycles. The van der Waals surface area contributed by atoms with E-state index >= 15 is 0 Å². The van der Waals surface area contributed by atoms with Gasteiger partial charge >= 0.3 is 0 Å². The Labute approximate surface area is 167 Å². The summed E-state index contributed by atoms with van der Waals surface area (Å²) in [6.07, 6.45) is -0.818. The molecule has 1 aliphatic rings. The number of hydrogen-bond donors (Lipinski definition) is 2. The van der Waals surface area contributed by atoms with Gasteiger partial charge in [0.1, 0.15) is 6.61 Å². The minimum absolute atomic E-state index is 0.0644. The summed E-state index contributed by atoms with van der Waals surface area (Å²) in [5, 5.41) is 17.2. The molecule has 0 radical (unpaired) electrons. The van der Waals surface area contributed by atoms with Crippen molar-refractivity contribution in [2.75, 3.05) is 6.61 Å². The normalized spacial score (nSPS) is 18.8. The van der Waals surface area contributed by atoms with E-state index in [-0.39, 0.29) is 37.5 Å². The average molecular weight is 404 g/mol. The summed E-state index contributed by atoms with van der Waals surface area (Å²) in [6.45, 7) is 5.26. The lowest BCUT2D eigenvalue weighted by Gasteiger charge is -2.42. The van der Waals surface area contributed by atoms with Gasteiger partial charge in [-0.2, -0.15) is 0 Å². The molecule has 10 nitrogen and oxygen atoms in total. The Morgan fingerprint density at radius 2 is 2.00 bits per heavy atom. The molecule has 1 aromatic carbocycles. The molecule has 0 bridgehead atoms. The van der Waals surface area contributed by atoms with Gasteiger partial charge in [0, 0.05) is 13.0 Å². The van der Waals surface area contributed by atoms with Gasteiger partial charge in [0.05, 0.1) is 12.6 Å². The number of nitrogens with one attached hydrogen (secondary N) is 1. The largest absolute Gasteiger partial charge is 0.483 e. The zero-order valence-corrected chi connectivity index (χ0v) is 16.4. The number of carboxylic acid groups (broad SMARTS) is 1. The molecular formula is C19H24N4O6. The first kappa shape index (κ1) is 22.0. The van der Waals surface area contributed by atoms with Crippen LogP contribution in [0.15, 0.2) is 34.7 Å². The second-order valence-electron chi connectivity index (χ2n) is 6.52. The SMILES string of the molecule is Cc1nnc(CNC(=O)[C@H]2OCC(=O)N(C(C)C)[C@@H]2c2ccccc2)o1.O=CO. The third-order valence-corrected chi connectivity index (χ3v) is 4.20. The van der Waals surface area contributed by atoms with Gasteiger partial charge < -0.3 is 24.5 Å². The first-order chi connectivity index (χ1) is 13.9. The van der Waals surface area contributed by atoms with Crippen molar-refractivity contribution in [1.82, 2.24) is 20.4 Å². The fraction of sp³-hybridized carbons (Fsp3) is 0.421. The Bertz CT molecular complexity index is 823. The van der Waals surface area contributed by atoms with E-state index in [0.29, 0.717) is 11.8 Å². The lowest BCUT2D eigenvalue weighted by Crippen LogP contribution is -2.56. The van der Waals surface area contributed by atoms with Crippen molar-refractivity contribution in [1.29, 1.82) is 0 Å². The molecule has 0 aliphatic carbocycles. The number of aromatic nitrogens is 2. The second-order valence-corrected chi connectivity index (χ2v) is 6.52. The predicted octanol–water partition coefficient (Wildman–Crippen LogP) is 1.07. The van der Waals surface area contributed by atoms with Crippen molar-refractivity contribution < 1.29 is 28.6 Å². The number of ether oxygens (including phenoxy) is 1. The van der Waals surface area contributed by atoms with Gasteiger partial charge in [-0.25, -0.2) is 0 Å². The summed E-state index contributed by atoms with van der Waals surface area (Å²) < 4.78 is 10.9. The number of aryl methyl sites for hydroxylation is 1.